The van der Waals surface area contributed by atoms with Gasteiger partial charge in [0.1, 0.15) is 6.61 Å². The van der Waals surface area contributed by atoms with Crippen LogP contribution in [-0.4, -0.2) is 26.1 Å². The molecule has 5 nitrogen and oxygen atoms in total. The normalized spacial score (nSPS) is 10.1. The van der Waals surface area contributed by atoms with E-state index in [4.69, 9.17) is 21.1 Å². The molecule has 7 heteroatoms. The van der Waals surface area contributed by atoms with E-state index in [1.165, 1.54) is 0 Å². The highest BCUT2D eigenvalue weighted by Crippen LogP contribution is 2.29. The van der Waals surface area contributed by atoms with E-state index in [0.29, 0.717) is 28.7 Å². The lowest BCUT2D eigenvalue weighted by Crippen LogP contribution is -2.21. The standard InChI is InChI=1S/C25H27ClN2O3.ClH/c1-4-28(5-2)22-13-11-21(12-14-22)27-25(29)19-8-15-23(24(16-19)30-3)31-17-18-6-9-20(26)10-7-18;/h6-16H,4-5,17H2,1-3H3,(H,27,29);1H. The smallest absolute Gasteiger partial charge is 0.255 e. The Morgan fingerprint density at radius 2 is 1.59 bits per heavy atom. The SMILES string of the molecule is CCN(CC)c1ccc(NC(=O)c2ccc(OCc3ccc(Cl)cc3)c(OC)c2)cc1.Cl. The Bertz CT molecular complexity index is 1000. The van der Waals surface area contributed by atoms with Crippen molar-refractivity contribution < 1.29 is 14.3 Å². The summed E-state index contributed by atoms with van der Waals surface area (Å²) in [6.07, 6.45) is 0. The molecule has 0 aliphatic rings. The Morgan fingerprint density at radius 1 is 0.938 bits per heavy atom. The maximum absolute atomic E-state index is 12.7. The molecule has 170 valence electrons. The van der Waals surface area contributed by atoms with E-state index in [0.717, 1.165) is 30.0 Å². The molecular weight excluding hydrogens is 447 g/mol. The lowest BCUT2D eigenvalue weighted by molar-refractivity contribution is 0.102. The minimum Gasteiger partial charge on any atom is -0.493 e. The summed E-state index contributed by atoms with van der Waals surface area (Å²) in [6, 6.07) is 20.4. The Labute approximate surface area is 200 Å². The summed E-state index contributed by atoms with van der Waals surface area (Å²) in [4.78, 5) is 15.0. The molecule has 0 aliphatic heterocycles. The lowest BCUT2D eigenvalue weighted by Gasteiger charge is -2.21. The van der Waals surface area contributed by atoms with Crippen molar-refractivity contribution in [3.05, 3.63) is 82.9 Å². The third kappa shape index (κ3) is 6.55. The summed E-state index contributed by atoms with van der Waals surface area (Å²) < 4.78 is 11.3. The van der Waals surface area contributed by atoms with E-state index in [2.05, 4.69) is 24.1 Å². The van der Waals surface area contributed by atoms with Crippen molar-refractivity contribution in [2.24, 2.45) is 0 Å². The molecule has 32 heavy (non-hydrogen) atoms. The first kappa shape index (κ1) is 25.4. The monoisotopic (exact) mass is 474 g/mol. The first-order valence-electron chi connectivity index (χ1n) is 10.3. The molecule has 3 aromatic carbocycles. The third-order valence-corrected chi connectivity index (χ3v) is 5.24. The molecule has 3 rings (SSSR count). The van der Waals surface area contributed by atoms with E-state index in [9.17, 15) is 4.79 Å². The molecule has 0 spiro atoms. The Hall–Kier alpha value is -2.89. The number of ether oxygens (including phenoxy) is 2. The molecule has 0 fully saturated rings. The Balaban J connectivity index is 0.00000363. The zero-order valence-electron chi connectivity index (χ0n) is 18.4. The van der Waals surface area contributed by atoms with E-state index in [-0.39, 0.29) is 18.3 Å². The molecule has 0 radical (unpaired) electrons. The molecule has 0 aromatic heterocycles. The summed E-state index contributed by atoms with van der Waals surface area (Å²) in [6.45, 7) is 6.49. The number of carbonyl (C=O) groups is 1. The van der Waals surface area contributed by atoms with Gasteiger partial charge >= 0.3 is 0 Å². The second-order valence-electron chi connectivity index (χ2n) is 6.95. The topological polar surface area (TPSA) is 50.8 Å². The van der Waals surface area contributed by atoms with Crippen LogP contribution < -0.4 is 19.7 Å². The quantitative estimate of drug-likeness (QED) is 0.387. The van der Waals surface area contributed by atoms with Crippen LogP contribution in [0.4, 0.5) is 11.4 Å². The van der Waals surface area contributed by atoms with Crippen LogP contribution in [0.2, 0.25) is 5.02 Å². The molecule has 0 saturated carbocycles. The molecule has 0 aliphatic carbocycles. The van der Waals surface area contributed by atoms with Gasteiger partial charge in [-0.15, -0.1) is 12.4 Å². The van der Waals surface area contributed by atoms with Crippen LogP contribution in [0.15, 0.2) is 66.7 Å². The van der Waals surface area contributed by atoms with Gasteiger partial charge in [0, 0.05) is 35.1 Å². The molecule has 0 unspecified atom stereocenters. The molecule has 1 amide bonds. The van der Waals surface area contributed by atoms with Gasteiger partial charge in [0.05, 0.1) is 7.11 Å². The minimum absolute atomic E-state index is 0. The number of benzene rings is 3. The molecule has 1 N–H and O–H groups in total. The van der Waals surface area contributed by atoms with Crippen molar-refractivity contribution in [3.63, 3.8) is 0 Å². The second-order valence-corrected chi connectivity index (χ2v) is 7.39. The van der Waals surface area contributed by atoms with Crippen LogP contribution in [0.3, 0.4) is 0 Å². The maximum atomic E-state index is 12.7. The highest BCUT2D eigenvalue weighted by molar-refractivity contribution is 6.30. The summed E-state index contributed by atoms with van der Waals surface area (Å²) in [5.41, 5.74) is 3.35. The fraction of sp³-hybridized carbons (Fsp3) is 0.240. The number of nitrogens with one attached hydrogen (secondary N) is 1. The van der Waals surface area contributed by atoms with Crippen LogP contribution >= 0.6 is 24.0 Å². The van der Waals surface area contributed by atoms with Crippen molar-refractivity contribution in [1.82, 2.24) is 0 Å². The molecule has 0 atom stereocenters. The lowest BCUT2D eigenvalue weighted by atomic mass is 10.1. The molecular formula is C25H28Cl2N2O3. The van der Waals surface area contributed by atoms with Crippen LogP contribution in [0.25, 0.3) is 0 Å². The largest absolute Gasteiger partial charge is 0.493 e. The fourth-order valence-corrected chi connectivity index (χ4v) is 3.34. The minimum atomic E-state index is -0.210. The second kappa shape index (κ2) is 12.2. The molecule has 0 heterocycles. The highest BCUT2D eigenvalue weighted by atomic mass is 35.5. The van der Waals surface area contributed by atoms with Crippen molar-refractivity contribution in [2.45, 2.75) is 20.5 Å². The number of anilines is 2. The Kier molecular flexibility index (Phi) is 9.69. The molecule has 3 aromatic rings. The van der Waals surface area contributed by atoms with Crippen molar-refractivity contribution in [3.8, 4) is 11.5 Å². The van der Waals surface area contributed by atoms with Crippen LogP contribution in [0, 0.1) is 0 Å². The first-order chi connectivity index (χ1) is 15.0. The van der Waals surface area contributed by atoms with E-state index in [1.54, 1.807) is 25.3 Å². The third-order valence-electron chi connectivity index (χ3n) is 4.99. The van der Waals surface area contributed by atoms with Gasteiger partial charge in [-0.3, -0.25) is 4.79 Å². The summed E-state index contributed by atoms with van der Waals surface area (Å²) in [5, 5.41) is 3.61. The zero-order valence-corrected chi connectivity index (χ0v) is 20.0. The van der Waals surface area contributed by atoms with E-state index in [1.807, 2.05) is 48.5 Å². The van der Waals surface area contributed by atoms with Gasteiger partial charge in [0.2, 0.25) is 0 Å². The van der Waals surface area contributed by atoms with Crippen LogP contribution in [0.5, 0.6) is 11.5 Å². The van der Waals surface area contributed by atoms with Crippen molar-refractivity contribution >= 4 is 41.3 Å². The number of methoxy groups -OCH3 is 1. The van der Waals surface area contributed by atoms with Gasteiger partial charge in [-0.1, -0.05) is 23.7 Å². The predicted molar refractivity (Wildman–Crippen MR) is 134 cm³/mol. The number of hydrogen-bond donors (Lipinski definition) is 1. The van der Waals surface area contributed by atoms with Crippen LogP contribution in [-0.2, 0) is 6.61 Å². The maximum Gasteiger partial charge on any atom is 0.255 e. The average molecular weight is 475 g/mol. The molecule has 0 bridgehead atoms. The number of hydrogen-bond acceptors (Lipinski definition) is 4. The van der Waals surface area contributed by atoms with Gasteiger partial charge in [-0.25, -0.2) is 0 Å². The number of rotatable bonds is 9. The van der Waals surface area contributed by atoms with E-state index < -0.39 is 0 Å². The van der Waals surface area contributed by atoms with Crippen molar-refractivity contribution in [2.75, 3.05) is 30.4 Å². The van der Waals surface area contributed by atoms with Crippen LogP contribution in [0.1, 0.15) is 29.8 Å². The number of carbonyl (C=O) groups excluding carboxylic acids is 1. The van der Waals surface area contributed by atoms with Gasteiger partial charge in [0.15, 0.2) is 11.5 Å². The summed E-state index contributed by atoms with van der Waals surface area (Å²) >= 11 is 5.92. The van der Waals surface area contributed by atoms with Gasteiger partial charge in [-0.05, 0) is 74.0 Å². The fourth-order valence-electron chi connectivity index (χ4n) is 3.22. The number of nitrogens with zero attached hydrogens (tertiary/aromatic N) is 1. The van der Waals surface area contributed by atoms with Gasteiger partial charge in [0.25, 0.3) is 5.91 Å². The average Bonchev–Trinajstić information content (AvgIpc) is 2.80. The summed E-state index contributed by atoms with van der Waals surface area (Å²) in [7, 11) is 1.55. The zero-order chi connectivity index (χ0) is 22.2. The Morgan fingerprint density at radius 3 is 2.19 bits per heavy atom. The van der Waals surface area contributed by atoms with Crippen molar-refractivity contribution in [1.29, 1.82) is 0 Å². The highest BCUT2D eigenvalue weighted by Gasteiger charge is 2.12. The van der Waals surface area contributed by atoms with Gasteiger partial charge in [-0.2, -0.15) is 0 Å². The number of halogens is 2. The summed E-state index contributed by atoms with van der Waals surface area (Å²) in [5.74, 6) is 0.856. The first-order valence-corrected chi connectivity index (χ1v) is 10.6. The number of amides is 1. The van der Waals surface area contributed by atoms with Gasteiger partial charge < -0.3 is 19.7 Å². The predicted octanol–water partition coefficient (Wildman–Crippen LogP) is 6.45. The van der Waals surface area contributed by atoms with E-state index >= 15 is 0 Å². The molecule has 0 saturated heterocycles.